The highest BCUT2D eigenvalue weighted by molar-refractivity contribution is 5.76. The lowest BCUT2D eigenvalue weighted by atomic mass is 10.0. The average Bonchev–Trinajstić information content (AvgIpc) is 2.74. The lowest BCUT2D eigenvalue weighted by Crippen LogP contribution is -2.32. The van der Waals surface area contributed by atoms with E-state index >= 15 is 0 Å². The van der Waals surface area contributed by atoms with Gasteiger partial charge in [-0.05, 0) is 44.4 Å². The minimum Gasteiger partial charge on any atom is -0.378 e. The van der Waals surface area contributed by atoms with Crippen molar-refractivity contribution in [1.29, 1.82) is 0 Å². The second kappa shape index (κ2) is 6.39. The molecule has 0 aromatic heterocycles. The summed E-state index contributed by atoms with van der Waals surface area (Å²) in [6.45, 7) is 5.11. The SMILES string of the molecule is C[C@H]1CCCN(C(=O)CC[C@H]2CCCO2)CC1. The van der Waals surface area contributed by atoms with E-state index in [-0.39, 0.29) is 0 Å². The van der Waals surface area contributed by atoms with Gasteiger partial charge in [0.25, 0.3) is 0 Å². The molecule has 0 unspecified atom stereocenters. The molecule has 1 amide bonds. The fourth-order valence-electron chi connectivity index (χ4n) is 2.83. The van der Waals surface area contributed by atoms with Crippen LogP contribution < -0.4 is 0 Å². The van der Waals surface area contributed by atoms with E-state index in [0.29, 0.717) is 18.4 Å². The zero-order valence-corrected chi connectivity index (χ0v) is 11.0. The van der Waals surface area contributed by atoms with E-state index in [1.54, 1.807) is 0 Å². The lowest BCUT2D eigenvalue weighted by Gasteiger charge is -2.21. The van der Waals surface area contributed by atoms with Crippen LogP contribution in [0.25, 0.3) is 0 Å². The Bertz CT molecular complexity index is 249. The molecule has 0 saturated carbocycles. The van der Waals surface area contributed by atoms with Gasteiger partial charge in [0.1, 0.15) is 0 Å². The van der Waals surface area contributed by atoms with Crippen molar-refractivity contribution in [3.63, 3.8) is 0 Å². The first kappa shape index (κ1) is 12.9. The third kappa shape index (κ3) is 3.98. The lowest BCUT2D eigenvalue weighted by molar-refractivity contribution is -0.131. The van der Waals surface area contributed by atoms with Gasteiger partial charge in [0.2, 0.25) is 5.91 Å². The number of hydrogen-bond donors (Lipinski definition) is 0. The Morgan fingerprint density at radius 3 is 2.88 bits per heavy atom. The van der Waals surface area contributed by atoms with Gasteiger partial charge in [-0.3, -0.25) is 4.79 Å². The molecule has 0 aromatic rings. The monoisotopic (exact) mass is 239 g/mol. The number of nitrogens with zero attached hydrogens (tertiary/aromatic N) is 1. The van der Waals surface area contributed by atoms with Gasteiger partial charge in [-0.1, -0.05) is 6.92 Å². The summed E-state index contributed by atoms with van der Waals surface area (Å²) >= 11 is 0. The van der Waals surface area contributed by atoms with E-state index in [1.165, 1.54) is 25.7 Å². The van der Waals surface area contributed by atoms with Crippen LogP contribution in [0.4, 0.5) is 0 Å². The van der Waals surface area contributed by atoms with E-state index in [2.05, 4.69) is 11.8 Å². The molecule has 0 radical (unpaired) electrons. The van der Waals surface area contributed by atoms with Crippen LogP contribution in [0.2, 0.25) is 0 Å². The van der Waals surface area contributed by atoms with Crippen LogP contribution in [0.3, 0.4) is 0 Å². The third-order valence-corrected chi connectivity index (χ3v) is 4.07. The first-order valence-corrected chi connectivity index (χ1v) is 7.15. The molecule has 0 aromatic carbocycles. The zero-order valence-electron chi connectivity index (χ0n) is 11.0. The predicted molar refractivity (Wildman–Crippen MR) is 67.8 cm³/mol. The quantitative estimate of drug-likeness (QED) is 0.757. The zero-order chi connectivity index (χ0) is 12.1. The van der Waals surface area contributed by atoms with Crippen LogP contribution in [0, 0.1) is 5.92 Å². The molecule has 0 N–H and O–H groups in total. The van der Waals surface area contributed by atoms with Crippen LogP contribution >= 0.6 is 0 Å². The van der Waals surface area contributed by atoms with E-state index in [4.69, 9.17) is 4.74 Å². The number of carbonyl (C=O) groups is 1. The van der Waals surface area contributed by atoms with E-state index < -0.39 is 0 Å². The second-order valence-electron chi connectivity index (χ2n) is 5.59. The molecule has 0 spiro atoms. The molecule has 0 bridgehead atoms. The molecule has 2 heterocycles. The Hall–Kier alpha value is -0.570. The number of ether oxygens (including phenoxy) is 1. The summed E-state index contributed by atoms with van der Waals surface area (Å²) in [5, 5.41) is 0. The van der Waals surface area contributed by atoms with Crippen molar-refractivity contribution in [1.82, 2.24) is 4.90 Å². The third-order valence-electron chi connectivity index (χ3n) is 4.07. The standard InChI is InChI=1S/C14H25NO2/c1-12-4-2-9-15(10-8-12)14(16)7-6-13-5-3-11-17-13/h12-13H,2-11H2,1H3/t12-,13+/m0/s1. The summed E-state index contributed by atoms with van der Waals surface area (Å²) in [7, 11) is 0. The van der Waals surface area contributed by atoms with E-state index in [1.807, 2.05) is 0 Å². The molecular formula is C14H25NO2. The molecular weight excluding hydrogens is 214 g/mol. The Morgan fingerprint density at radius 1 is 1.24 bits per heavy atom. The molecule has 3 heteroatoms. The Labute approximate surface area is 105 Å². The molecule has 2 fully saturated rings. The Kier molecular flexibility index (Phi) is 4.84. The van der Waals surface area contributed by atoms with Gasteiger partial charge < -0.3 is 9.64 Å². The molecule has 98 valence electrons. The predicted octanol–water partition coefficient (Wildman–Crippen LogP) is 2.59. The molecule has 0 aliphatic carbocycles. The van der Waals surface area contributed by atoms with Crippen LogP contribution in [-0.4, -0.2) is 36.6 Å². The number of rotatable bonds is 3. The summed E-state index contributed by atoms with van der Waals surface area (Å²) in [6.07, 6.45) is 7.88. The molecule has 2 rings (SSSR count). The Balaban J connectivity index is 1.70. The summed E-state index contributed by atoms with van der Waals surface area (Å²) in [6, 6.07) is 0. The van der Waals surface area contributed by atoms with Crippen molar-refractivity contribution in [2.45, 2.75) is 58.0 Å². The molecule has 2 aliphatic rings. The first-order chi connectivity index (χ1) is 8.25. The number of likely N-dealkylation sites (tertiary alicyclic amines) is 1. The smallest absolute Gasteiger partial charge is 0.222 e. The first-order valence-electron chi connectivity index (χ1n) is 7.15. The van der Waals surface area contributed by atoms with E-state index in [9.17, 15) is 4.79 Å². The second-order valence-corrected chi connectivity index (χ2v) is 5.59. The molecule has 17 heavy (non-hydrogen) atoms. The minimum absolute atomic E-state index is 0.342. The highest BCUT2D eigenvalue weighted by atomic mass is 16.5. The average molecular weight is 239 g/mol. The van der Waals surface area contributed by atoms with Gasteiger partial charge in [0, 0.05) is 26.1 Å². The number of amides is 1. The summed E-state index contributed by atoms with van der Waals surface area (Å²) in [5.74, 6) is 1.13. The van der Waals surface area contributed by atoms with Crippen LogP contribution in [-0.2, 0) is 9.53 Å². The maximum atomic E-state index is 12.1. The van der Waals surface area contributed by atoms with Crippen LogP contribution in [0.5, 0.6) is 0 Å². The van der Waals surface area contributed by atoms with Gasteiger partial charge >= 0.3 is 0 Å². The largest absolute Gasteiger partial charge is 0.378 e. The summed E-state index contributed by atoms with van der Waals surface area (Å²) in [4.78, 5) is 14.2. The van der Waals surface area contributed by atoms with Gasteiger partial charge in [-0.25, -0.2) is 0 Å². The van der Waals surface area contributed by atoms with Gasteiger partial charge in [-0.15, -0.1) is 0 Å². The highest BCUT2D eigenvalue weighted by Gasteiger charge is 2.21. The normalized spacial score (nSPS) is 30.3. The van der Waals surface area contributed by atoms with Crippen LogP contribution in [0.15, 0.2) is 0 Å². The van der Waals surface area contributed by atoms with Gasteiger partial charge in [0.05, 0.1) is 6.10 Å². The topological polar surface area (TPSA) is 29.5 Å². The van der Waals surface area contributed by atoms with Gasteiger partial charge in [0.15, 0.2) is 0 Å². The van der Waals surface area contributed by atoms with Crippen molar-refractivity contribution < 1.29 is 9.53 Å². The fourth-order valence-corrected chi connectivity index (χ4v) is 2.83. The maximum absolute atomic E-state index is 12.1. The molecule has 2 atom stereocenters. The molecule has 2 saturated heterocycles. The van der Waals surface area contributed by atoms with Crippen molar-refractivity contribution in [3.05, 3.63) is 0 Å². The van der Waals surface area contributed by atoms with Crippen molar-refractivity contribution >= 4 is 5.91 Å². The minimum atomic E-state index is 0.342. The fraction of sp³-hybridized carbons (Fsp3) is 0.929. The van der Waals surface area contributed by atoms with Crippen LogP contribution in [0.1, 0.15) is 51.9 Å². The highest BCUT2D eigenvalue weighted by Crippen LogP contribution is 2.20. The van der Waals surface area contributed by atoms with Gasteiger partial charge in [-0.2, -0.15) is 0 Å². The van der Waals surface area contributed by atoms with Crippen molar-refractivity contribution in [3.8, 4) is 0 Å². The molecule has 3 nitrogen and oxygen atoms in total. The number of carbonyl (C=O) groups excluding carboxylic acids is 1. The molecule has 2 aliphatic heterocycles. The maximum Gasteiger partial charge on any atom is 0.222 e. The van der Waals surface area contributed by atoms with E-state index in [0.717, 1.165) is 38.5 Å². The summed E-state index contributed by atoms with van der Waals surface area (Å²) in [5.41, 5.74) is 0. The summed E-state index contributed by atoms with van der Waals surface area (Å²) < 4.78 is 5.56. The van der Waals surface area contributed by atoms with Crippen molar-refractivity contribution in [2.75, 3.05) is 19.7 Å². The Morgan fingerprint density at radius 2 is 2.12 bits per heavy atom. The number of hydrogen-bond acceptors (Lipinski definition) is 2. The van der Waals surface area contributed by atoms with Crippen molar-refractivity contribution in [2.24, 2.45) is 5.92 Å².